The molecule has 152 valence electrons. The number of benzene rings is 2. The molecular weight excluding hydrogens is 416 g/mol. The number of hydrogen-bond donors (Lipinski definition) is 1. The average molecular weight is 436 g/mol. The number of rotatable bonds is 10. The largest absolute Gasteiger partial charge is 0.435 e. The Labute approximate surface area is 175 Å². The van der Waals surface area contributed by atoms with Crippen LogP contribution in [0.3, 0.4) is 0 Å². The van der Waals surface area contributed by atoms with Crippen LogP contribution in [0.25, 0.3) is 0 Å². The maximum Gasteiger partial charge on any atom is 0.387 e. The number of alkyl halides is 2. The standard InChI is InChI=1S/C20H19F2N3O2S2/c1-13(17(26)15-7-9-16(10-8-15)27-18(21)22)28-20-25-24-19(29-20)23-12-11-14-5-3-2-4-6-14/h2-10,13,18H,11-12H2,1H3,(H,23,24). The highest BCUT2D eigenvalue weighted by Crippen LogP contribution is 2.30. The Hall–Kier alpha value is -2.52. The number of Topliss-reactive ketones (excluding diaryl/α,β-unsaturated/α-hetero) is 1. The molecule has 3 aromatic rings. The molecule has 0 spiro atoms. The lowest BCUT2D eigenvalue weighted by atomic mass is 10.1. The summed E-state index contributed by atoms with van der Waals surface area (Å²) >= 11 is 2.71. The number of carbonyl (C=O) groups is 1. The zero-order chi connectivity index (χ0) is 20.6. The first-order chi connectivity index (χ1) is 14.0. The Bertz CT molecular complexity index is 921. The molecule has 0 aliphatic rings. The minimum absolute atomic E-state index is 0.0206. The normalized spacial score (nSPS) is 12.0. The predicted octanol–water partition coefficient (Wildman–Crippen LogP) is 5.16. The van der Waals surface area contributed by atoms with E-state index in [0.29, 0.717) is 15.0 Å². The van der Waals surface area contributed by atoms with Gasteiger partial charge in [0, 0.05) is 12.1 Å². The smallest absolute Gasteiger partial charge is 0.387 e. The van der Waals surface area contributed by atoms with Gasteiger partial charge in [0.05, 0.1) is 5.25 Å². The minimum Gasteiger partial charge on any atom is -0.435 e. The number of ether oxygens (including phenoxy) is 1. The van der Waals surface area contributed by atoms with Crippen LogP contribution in [-0.2, 0) is 6.42 Å². The van der Waals surface area contributed by atoms with E-state index in [4.69, 9.17) is 0 Å². The van der Waals surface area contributed by atoms with Gasteiger partial charge in [0.25, 0.3) is 0 Å². The molecule has 0 amide bonds. The van der Waals surface area contributed by atoms with Crippen molar-refractivity contribution in [1.29, 1.82) is 0 Å². The van der Waals surface area contributed by atoms with Crippen molar-refractivity contribution in [3.05, 3.63) is 65.7 Å². The molecule has 5 nitrogen and oxygen atoms in total. The van der Waals surface area contributed by atoms with Gasteiger partial charge in [-0.2, -0.15) is 8.78 Å². The van der Waals surface area contributed by atoms with Crippen LogP contribution in [0.5, 0.6) is 5.75 Å². The zero-order valence-corrected chi connectivity index (χ0v) is 17.2. The summed E-state index contributed by atoms with van der Waals surface area (Å²) in [7, 11) is 0. The molecule has 9 heteroatoms. The van der Waals surface area contributed by atoms with E-state index in [1.165, 1.54) is 52.9 Å². The minimum atomic E-state index is -2.89. The third-order valence-corrected chi connectivity index (χ3v) is 6.02. The topological polar surface area (TPSA) is 64.1 Å². The summed E-state index contributed by atoms with van der Waals surface area (Å²) in [5.74, 6) is -0.0976. The lowest BCUT2D eigenvalue weighted by molar-refractivity contribution is -0.0498. The number of halogens is 2. The van der Waals surface area contributed by atoms with Crippen molar-refractivity contribution < 1.29 is 18.3 Å². The van der Waals surface area contributed by atoms with Gasteiger partial charge in [-0.05, 0) is 43.2 Å². The van der Waals surface area contributed by atoms with Crippen LogP contribution in [0.2, 0.25) is 0 Å². The van der Waals surface area contributed by atoms with Crippen LogP contribution in [-0.4, -0.2) is 34.4 Å². The molecule has 3 rings (SSSR count). The maximum absolute atomic E-state index is 12.5. The van der Waals surface area contributed by atoms with Crippen LogP contribution in [0, 0.1) is 0 Å². The van der Waals surface area contributed by atoms with Gasteiger partial charge in [-0.25, -0.2) is 0 Å². The number of nitrogens with zero attached hydrogens (tertiary/aromatic N) is 2. The number of nitrogens with one attached hydrogen (secondary N) is 1. The highest BCUT2D eigenvalue weighted by molar-refractivity contribution is 8.02. The first kappa shape index (κ1) is 21.2. The second-order valence-corrected chi connectivity index (χ2v) is 8.63. The van der Waals surface area contributed by atoms with Crippen molar-refractivity contribution in [2.24, 2.45) is 0 Å². The summed E-state index contributed by atoms with van der Waals surface area (Å²) in [6, 6.07) is 15.8. The number of hydrogen-bond acceptors (Lipinski definition) is 7. The molecule has 0 aliphatic heterocycles. The summed E-state index contributed by atoms with van der Waals surface area (Å²) in [4.78, 5) is 12.5. The summed E-state index contributed by atoms with van der Waals surface area (Å²) in [5.41, 5.74) is 1.67. The molecule has 1 unspecified atom stereocenters. The second kappa shape index (κ2) is 10.3. The number of carbonyl (C=O) groups excluding carboxylic acids is 1. The predicted molar refractivity (Wildman–Crippen MR) is 111 cm³/mol. The van der Waals surface area contributed by atoms with Crippen molar-refractivity contribution >= 4 is 34.0 Å². The third kappa shape index (κ3) is 6.50. The molecule has 0 saturated heterocycles. The van der Waals surface area contributed by atoms with Gasteiger partial charge in [-0.15, -0.1) is 10.2 Å². The fraction of sp³-hybridized carbons (Fsp3) is 0.250. The fourth-order valence-corrected chi connectivity index (χ4v) is 4.53. The molecule has 0 aliphatic carbocycles. The molecule has 1 heterocycles. The monoisotopic (exact) mass is 435 g/mol. The van der Waals surface area contributed by atoms with Crippen LogP contribution < -0.4 is 10.1 Å². The number of thioether (sulfide) groups is 1. The van der Waals surface area contributed by atoms with Gasteiger partial charge < -0.3 is 10.1 Å². The van der Waals surface area contributed by atoms with Crippen molar-refractivity contribution in [2.75, 3.05) is 11.9 Å². The highest BCUT2D eigenvalue weighted by atomic mass is 32.2. The molecule has 0 radical (unpaired) electrons. The van der Waals surface area contributed by atoms with E-state index in [2.05, 4.69) is 32.4 Å². The molecule has 2 aromatic carbocycles. The van der Waals surface area contributed by atoms with Gasteiger partial charge in [-0.1, -0.05) is 53.4 Å². The van der Waals surface area contributed by atoms with Gasteiger partial charge >= 0.3 is 6.61 Å². The van der Waals surface area contributed by atoms with Crippen LogP contribution in [0.15, 0.2) is 58.9 Å². The SMILES string of the molecule is CC(Sc1nnc(NCCc2ccccc2)s1)C(=O)c1ccc(OC(F)F)cc1. The molecule has 0 saturated carbocycles. The number of aromatic nitrogens is 2. The molecule has 0 bridgehead atoms. The molecule has 1 aromatic heterocycles. The van der Waals surface area contributed by atoms with E-state index in [0.717, 1.165) is 13.0 Å². The molecular formula is C20H19F2N3O2S2. The fourth-order valence-electron chi connectivity index (χ4n) is 2.53. The van der Waals surface area contributed by atoms with Gasteiger partial charge in [-0.3, -0.25) is 4.79 Å². The van der Waals surface area contributed by atoms with Gasteiger partial charge in [0.1, 0.15) is 5.75 Å². The van der Waals surface area contributed by atoms with E-state index in [-0.39, 0.29) is 16.8 Å². The summed E-state index contributed by atoms with van der Waals surface area (Å²) < 4.78 is 29.4. The second-order valence-electron chi connectivity index (χ2n) is 6.06. The van der Waals surface area contributed by atoms with Crippen molar-refractivity contribution in [1.82, 2.24) is 10.2 Å². The van der Waals surface area contributed by atoms with E-state index >= 15 is 0 Å². The Morgan fingerprint density at radius 2 is 1.86 bits per heavy atom. The maximum atomic E-state index is 12.5. The van der Waals surface area contributed by atoms with E-state index < -0.39 is 6.61 Å². The summed E-state index contributed by atoms with van der Waals surface area (Å²) in [5, 5.41) is 11.8. The molecule has 1 N–H and O–H groups in total. The lowest BCUT2D eigenvalue weighted by Crippen LogP contribution is -2.13. The van der Waals surface area contributed by atoms with Crippen LogP contribution >= 0.6 is 23.1 Å². The lowest BCUT2D eigenvalue weighted by Gasteiger charge is -2.09. The average Bonchev–Trinajstić information content (AvgIpc) is 3.15. The Morgan fingerprint density at radius 3 is 2.55 bits per heavy atom. The van der Waals surface area contributed by atoms with E-state index in [1.54, 1.807) is 6.92 Å². The van der Waals surface area contributed by atoms with E-state index in [1.807, 2.05) is 18.2 Å². The first-order valence-corrected chi connectivity index (χ1v) is 10.6. The third-order valence-electron chi connectivity index (χ3n) is 3.95. The highest BCUT2D eigenvalue weighted by Gasteiger charge is 2.19. The summed E-state index contributed by atoms with van der Waals surface area (Å²) in [6.45, 7) is -0.371. The molecule has 1 atom stereocenters. The Morgan fingerprint density at radius 1 is 1.14 bits per heavy atom. The van der Waals surface area contributed by atoms with Gasteiger partial charge in [0.2, 0.25) is 5.13 Å². The zero-order valence-electron chi connectivity index (χ0n) is 15.5. The van der Waals surface area contributed by atoms with Crippen LogP contribution in [0.4, 0.5) is 13.9 Å². The Balaban J connectivity index is 1.50. The summed E-state index contributed by atoms with van der Waals surface area (Å²) in [6.07, 6.45) is 0.878. The number of ketones is 1. The quantitative estimate of drug-likeness (QED) is 0.351. The van der Waals surface area contributed by atoms with Crippen molar-refractivity contribution in [3.8, 4) is 5.75 Å². The molecule has 29 heavy (non-hydrogen) atoms. The number of anilines is 1. The van der Waals surface area contributed by atoms with Crippen molar-refractivity contribution in [2.45, 2.75) is 29.5 Å². The van der Waals surface area contributed by atoms with Gasteiger partial charge in [0.15, 0.2) is 10.1 Å². The van der Waals surface area contributed by atoms with Crippen LogP contribution in [0.1, 0.15) is 22.8 Å². The van der Waals surface area contributed by atoms with Crippen molar-refractivity contribution in [3.63, 3.8) is 0 Å². The Kier molecular flexibility index (Phi) is 7.54. The first-order valence-electron chi connectivity index (χ1n) is 8.88. The van der Waals surface area contributed by atoms with E-state index in [9.17, 15) is 13.6 Å². The molecule has 0 fully saturated rings.